The van der Waals surface area contributed by atoms with Gasteiger partial charge in [-0.25, -0.2) is 4.39 Å². The number of aliphatic hydroxyl groups is 1. The summed E-state index contributed by atoms with van der Waals surface area (Å²) in [5.74, 6) is -0.275. The lowest BCUT2D eigenvalue weighted by Gasteiger charge is -2.06. The Kier molecular flexibility index (Phi) is 5.36. The van der Waals surface area contributed by atoms with E-state index in [1.54, 1.807) is 19.1 Å². The summed E-state index contributed by atoms with van der Waals surface area (Å²) in [5, 5.41) is 11.6. The van der Waals surface area contributed by atoms with Crippen molar-refractivity contribution in [2.75, 3.05) is 11.1 Å². The maximum atomic E-state index is 13.4. The Balaban J connectivity index is 1.87. The zero-order chi connectivity index (χ0) is 15.2. The Morgan fingerprint density at radius 3 is 2.57 bits per heavy atom. The number of rotatable bonds is 5. The molecule has 0 aliphatic heterocycles. The molecule has 5 heteroatoms. The van der Waals surface area contributed by atoms with E-state index in [1.807, 2.05) is 24.3 Å². The maximum absolute atomic E-state index is 13.4. The molecule has 0 fully saturated rings. The van der Waals surface area contributed by atoms with Gasteiger partial charge in [-0.1, -0.05) is 18.2 Å². The third-order valence-corrected chi connectivity index (χ3v) is 3.94. The number of hydrogen-bond acceptors (Lipinski definition) is 3. The summed E-state index contributed by atoms with van der Waals surface area (Å²) >= 11 is 1.39. The first-order chi connectivity index (χ1) is 10.1. The van der Waals surface area contributed by atoms with Gasteiger partial charge in [0.15, 0.2) is 0 Å². The number of halogens is 1. The van der Waals surface area contributed by atoms with Gasteiger partial charge in [-0.05, 0) is 42.3 Å². The van der Waals surface area contributed by atoms with Crippen LogP contribution in [-0.2, 0) is 11.4 Å². The topological polar surface area (TPSA) is 49.3 Å². The molecule has 0 unspecified atom stereocenters. The fourth-order valence-electron chi connectivity index (χ4n) is 1.71. The molecule has 2 aromatic carbocycles. The van der Waals surface area contributed by atoms with E-state index in [0.29, 0.717) is 11.3 Å². The highest BCUT2D eigenvalue weighted by Gasteiger charge is 2.05. The highest BCUT2D eigenvalue weighted by Crippen LogP contribution is 2.19. The summed E-state index contributed by atoms with van der Waals surface area (Å²) in [6.45, 7) is 1.68. The van der Waals surface area contributed by atoms with Gasteiger partial charge in [0.05, 0.1) is 12.4 Å². The van der Waals surface area contributed by atoms with Crippen LogP contribution in [0.1, 0.15) is 11.1 Å². The van der Waals surface area contributed by atoms with Crippen molar-refractivity contribution >= 4 is 23.4 Å². The molecular weight excluding hydrogens is 289 g/mol. The zero-order valence-corrected chi connectivity index (χ0v) is 12.4. The largest absolute Gasteiger partial charge is 0.392 e. The van der Waals surface area contributed by atoms with Crippen LogP contribution in [0.5, 0.6) is 0 Å². The zero-order valence-electron chi connectivity index (χ0n) is 11.6. The average molecular weight is 305 g/mol. The summed E-state index contributed by atoms with van der Waals surface area (Å²) in [6.07, 6.45) is 0. The molecule has 21 heavy (non-hydrogen) atoms. The van der Waals surface area contributed by atoms with E-state index in [2.05, 4.69) is 5.32 Å². The van der Waals surface area contributed by atoms with Gasteiger partial charge in [0.25, 0.3) is 0 Å². The molecule has 0 radical (unpaired) electrons. The predicted molar refractivity (Wildman–Crippen MR) is 82.9 cm³/mol. The Morgan fingerprint density at radius 1 is 1.24 bits per heavy atom. The molecule has 2 rings (SSSR count). The van der Waals surface area contributed by atoms with Crippen molar-refractivity contribution in [2.24, 2.45) is 0 Å². The van der Waals surface area contributed by atoms with Crippen LogP contribution >= 0.6 is 11.8 Å². The fraction of sp³-hybridized carbons (Fsp3) is 0.188. The van der Waals surface area contributed by atoms with E-state index in [0.717, 1.165) is 10.5 Å². The Labute approximate surface area is 127 Å². The number of aliphatic hydroxyl groups excluding tert-OH is 1. The molecule has 0 bridgehead atoms. The minimum atomic E-state index is -0.333. The lowest BCUT2D eigenvalue weighted by Crippen LogP contribution is -2.14. The number of nitrogens with one attached hydrogen (secondary N) is 1. The Morgan fingerprint density at radius 2 is 1.95 bits per heavy atom. The maximum Gasteiger partial charge on any atom is 0.234 e. The van der Waals surface area contributed by atoms with E-state index in [9.17, 15) is 9.18 Å². The number of aryl methyl sites for hydroxylation is 1. The van der Waals surface area contributed by atoms with Crippen molar-refractivity contribution in [1.29, 1.82) is 0 Å². The normalized spacial score (nSPS) is 10.4. The van der Waals surface area contributed by atoms with Crippen LogP contribution < -0.4 is 5.32 Å². The summed E-state index contributed by atoms with van der Waals surface area (Å²) in [4.78, 5) is 12.8. The monoisotopic (exact) mass is 305 g/mol. The number of hydrogen-bond donors (Lipinski definition) is 2. The first-order valence-corrected chi connectivity index (χ1v) is 7.45. The Hall–Kier alpha value is -1.85. The van der Waals surface area contributed by atoms with Crippen molar-refractivity contribution in [2.45, 2.75) is 18.4 Å². The van der Waals surface area contributed by atoms with Crippen LogP contribution in [0.3, 0.4) is 0 Å². The van der Waals surface area contributed by atoms with E-state index in [1.165, 1.54) is 17.8 Å². The van der Waals surface area contributed by atoms with Crippen LogP contribution in [-0.4, -0.2) is 16.8 Å². The quantitative estimate of drug-likeness (QED) is 0.833. The van der Waals surface area contributed by atoms with Gasteiger partial charge in [-0.15, -0.1) is 11.8 Å². The number of anilines is 1. The first kappa shape index (κ1) is 15.5. The van der Waals surface area contributed by atoms with E-state index in [-0.39, 0.29) is 24.1 Å². The molecular formula is C16H16FNO2S. The second-order valence-corrected chi connectivity index (χ2v) is 5.65. The standard InChI is InChI=1S/C16H16FNO2S/c1-11-2-5-13(8-15(11)17)18-16(20)10-21-14-6-3-12(9-19)4-7-14/h2-8,19H,9-10H2,1H3,(H,18,20). The average Bonchev–Trinajstić information content (AvgIpc) is 2.49. The number of carbonyl (C=O) groups is 1. The molecule has 0 aromatic heterocycles. The SMILES string of the molecule is Cc1ccc(NC(=O)CSc2ccc(CO)cc2)cc1F. The second-order valence-electron chi connectivity index (χ2n) is 4.60. The summed E-state index contributed by atoms with van der Waals surface area (Å²) in [7, 11) is 0. The molecule has 0 saturated heterocycles. The van der Waals surface area contributed by atoms with Gasteiger partial charge in [-0.3, -0.25) is 4.79 Å². The lowest BCUT2D eigenvalue weighted by molar-refractivity contribution is -0.113. The highest BCUT2D eigenvalue weighted by molar-refractivity contribution is 8.00. The van der Waals surface area contributed by atoms with Gasteiger partial charge >= 0.3 is 0 Å². The molecule has 3 nitrogen and oxygen atoms in total. The van der Waals surface area contributed by atoms with Crippen molar-refractivity contribution < 1.29 is 14.3 Å². The van der Waals surface area contributed by atoms with E-state index >= 15 is 0 Å². The summed E-state index contributed by atoms with van der Waals surface area (Å²) in [6, 6.07) is 12.0. The van der Waals surface area contributed by atoms with Crippen molar-refractivity contribution in [3.63, 3.8) is 0 Å². The van der Waals surface area contributed by atoms with Gasteiger partial charge in [0.1, 0.15) is 5.82 Å². The molecule has 0 spiro atoms. The minimum absolute atomic E-state index is 0.00439. The molecule has 0 saturated carbocycles. The smallest absolute Gasteiger partial charge is 0.234 e. The molecule has 0 aliphatic carbocycles. The van der Waals surface area contributed by atoms with Gasteiger partial charge in [0, 0.05) is 10.6 Å². The van der Waals surface area contributed by atoms with Crippen molar-refractivity contribution in [3.8, 4) is 0 Å². The number of carbonyl (C=O) groups excluding carboxylic acids is 1. The van der Waals surface area contributed by atoms with Crippen LogP contribution in [0.25, 0.3) is 0 Å². The molecule has 0 heterocycles. The number of benzene rings is 2. The second kappa shape index (κ2) is 7.24. The highest BCUT2D eigenvalue weighted by atomic mass is 32.2. The van der Waals surface area contributed by atoms with E-state index in [4.69, 9.17) is 5.11 Å². The van der Waals surface area contributed by atoms with Crippen molar-refractivity contribution in [3.05, 3.63) is 59.4 Å². The van der Waals surface area contributed by atoms with Crippen LogP contribution in [0, 0.1) is 12.7 Å². The molecule has 2 aromatic rings. The lowest BCUT2D eigenvalue weighted by atomic mass is 10.2. The van der Waals surface area contributed by atoms with Crippen LogP contribution in [0.15, 0.2) is 47.4 Å². The third-order valence-electron chi connectivity index (χ3n) is 2.93. The van der Waals surface area contributed by atoms with Crippen LogP contribution in [0.4, 0.5) is 10.1 Å². The van der Waals surface area contributed by atoms with Gasteiger partial charge in [-0.2, -0.15) is 0 Å². The molecule has 110 valence electrons. The summed E-state index contributed by atoms with van der Waals surface area (Å²) < 4.78 is 13.4. The van der Waals surface area contributed by atoms with Gasteiger partial charge in [0.2, 0.25) is 5.91 Å². The van der Waals surface area contributed by atoms with Gasteiger partial charge < -0.3 is 10.4 Å². The van der Waals surface area contributed by atoms with E-state index < -0.39 is 0 Å². The minimum Gasteiger partial charge on any atom is -0.392 e. The molecule has 2 N–H and O–H groups in total. The summed E-state index contributed by atoms with van der Waals surface area (Å²) in [5.41, 5.74) is 1.84. The third kappa shape index (κ3) is 4.58. The number of amides is 1. The fourth-order valence-corrected chi connectivity index (χ4v) is 2.41. The molecule has 1 amide bonds. The molecule has 0 atom stereocenters. The number of thioether (sulfide) groups is 1. The Bertz CT molecular complexity index is 629. The predicted octanol–water partition coefficient (Wildman–Crippen LogP) is 3.36. The van der Waals surface area contributed by atoms with Crippen LogP contribution in [0.2, 0.25) is 0 Å². The first-order valence-electron chi connectivity index (χ1n) is 6.47. The van der Waals surface area contributed by atoms with Crippen molar-refractivity contribution in [1.82, 2.24) is 0 Å². The molecule has 0 aliphatic rings.